The van der Waals surface area contributed by atoms with E-state index in [1.54, 1.807) is 0 Å². The molecule has 1 aromatic rings. The number of nitrogens with two attached hydrogens (primary N) is 1. The van der Waals surface area contributed by atoms with Crippen LogP contribution in [0, 0.1) is 0 Å². The lowest BCUT2D eigenvalue weighted by atomic mass is 10.5. The van der Waals surface area contributed by atoms with Crippen LogP contribution in [-0.4, -0.2) is 36.2 Å². The van der Waals surface area contributed by atoms with Gasteiger partial charge in [0, 0.05) is 18.9 Å². The van der Waals surface area contributed by atoms with Crippen LogP contribution in [0.15, 0.2) is 12.4 Å². The zero-order valence-corrected chi connectivity index (χ0v) is 7.99. The van der Waals surface area contributed by atoms with Crippen LogP contribution in [0.1, 0.15) is 0 Å². The summed E-state index contributed by atoms with van der Waals surface area (Å²) in [5.74, 6) is 0.699. The van der Waals surface area contributed by atoms with Crippen molar-refractivity contribution in [3.05, 3.63) is 12.4 Å². The summed E-state index contributed by atoms with van der Waals surface area (Å²) in [6, 6.07) is 0. The Hall–Kier alpha value is -1.50. The monoisotopic (exact) mass is 218 g/mol. The van der Waals surface area contributed by atoms with Crippen LogP contribution >= 0.6 is 0 Å². The molecule has 5 nitrogen and oxygen atoms in total. The normalized spacial score (nSPS) is 10.6. The molecule has 0 saturated carbocycles. The number of hydrogen-bond acceptors (Lipinski definition) is 5. The maximum Gasteiger partial charge on any atom is 0.261 e. The first-order valence-corrected chi connectivity index (χ1v) is 4.36. The predicted octanol–water partition coefficient (Wildman–Crippen LogP) is 0.752. The van der Waals surface area contributed by atoms with Gasteiger partial charge in [0.2, 0.25) is 0 Å². The highest BCUT2D eigenvalue weighted by Gasteiger charge is 2.02. The lowest BCUT2D eigenvalue weighted by Gasteiger charge is -2.07. The molecule has 1 aromatic heterocycles. The summed E-state index contributed by atoms with van der Waals surface area (Å²) >= 11 is 0. The Morgan fingerprint density at radius 3 is 2.80 bits per heavy atom. The number of ether oxygens (including phenoxy) is 1. The van der Waals surface area contributed by atoms with E-state index in [9.17, 15) is 8.78 Å². The van der Waals surface area contributed by atoms with E-state index in [4.69, 9.17) is 5.73 Å². The van der Waals surface area contributed by atoms with Crippen LogP contribution in [0.2, 0.25) is 0 Å². The summed E-state index contributed by atoms with van der Waals surface area (Å²) in [7, 11) is 0. The molecule has 15 heavy (non-hydrogen) atoms. The van der Waals surface area contributed by atoms with Crippen molar-refractivity contribution in [1.82, 2.24) is 9.97 Å². The van der Waals surface area contributed by atoms with Gasteiger partial charge in [0.05, 0.1) is 6.61 Å². The zero-order chi connectivity index (χ0) is 11.1. The Bertz CT molecular complexity index is 298. The van der Waals surface area contributed by atoms with Gasteiger partial charge in [-0.3, -0.25) is 0 Å². The van der Waals surface area contributed by atoms with Crippen LogP contribution in [0.4, 0.5) is 20.4 Å². The van der Waals surface area contributed by atoms with E-state index >= 15 is 0 Å². The van der Waals surface area contributed by atoms with Crippen LogP contribution in [0.3, 0.4) is 0 Å². The third-order valence-corrected chi connectivity index (χ3v) is 1.51. The topological polar surface area (TPSA) is 73.1 Å². The molecule has 0 aliphatic heterocycles. The first-order valence-electron chi connectivity index (χ1n) is 4.36. The molecule has 1 heterocycles. The number of nitrogens with zero attached hydrogens (tertiary/aromatic N) is 2. The van der Waals surface area contributed by atoms with E-state index in [2.05, 4.69) is 20.0 Å². The molecule has 0 fully saturated rings. The molecule has 1 rings (SSSR count). The minimum absolute atomic E-state index is 0.167. The van der Waals surface area contributed by atoms with Gasteiger partial charge in [-0.2, -0.15) is 0 Å². The van der Waals surface area contributed by atoms with Crippen LogP contribution in [0.25, 0.3) is 0 Å². The smallest absolute Gasteiger partial charge is 0.261 e. The molecule has 0 aliphatic rings. The number of aromatic nitrogens is 2. The maximum absolute atomic E-state index is 11.7. The fraction of sp³-hybridized carbons (Fsp3) is 0.500. The van der Waals surface area contributed by atoms with Crippen LogP contribution in [-0.2, 0) is 4.74 Å². The average molecular weight is 218 g/mol. The molecule has 84 valence electrons. The number of anilines is 2. The zero-order valence-electron chi connectivity index (χ0n) is 7.99. The second kappa shape index (κ2) is 6.07. The van der Waals surface area contributed by atoms with Crippen molar-refractivity contribution in [2.45, 2.75) is 6.43 Å². The van der Waals surface area contributed by atoms with Crippen molar-refractivity contribution in [1.29, 1.82) is 0 Å². The Morgan fingerprint density at radius 2 is 2.13 bits per heavy atom. The summed E-state index contributed by atoms with van der Waals surface area (Å²) in [5, 5.41) is 2.82. The first kappa shape index (κ1) is 11.6. The van der Waals surface area contributed by atoms with Crippen molar-refractivity contribution in [3.8, 4) is 0 Å². The van der Waals surface area contributed by atoms with Crippen molar-refractivity contribution in [3.63, 3.8) is 0 Å². The fourth-order valence-corrected chi connectivity index (χ4v) is 0.899. The Morgan fingerprint density at radius 1 is 1.40 bits per heavy atom. The number of alkyl halides is 2. The predicted molar refractivity (Wildman–Crippen MR) is 51.8 cm³/mol. The number of hydrogen-bond donors (Lipinski definition) is 2. The fourth-order valence-electron chi connectivity index (χ4n) is 0.899. The Kier molecular flexibility index (Phi) is 4.69. The summed E-state index contributed by atoms with van der Waals surface area (Å²) < 4.78 is 28.0. The highest BCUT2D eigenvalue weighted by molar-refractivity contribution is 5.54. The van der Waals surface area contributed by atoms with E-state index in [-0.39, 0.29) is 12.4 Å². The second-order valence-corrected chi connectivity index (χ2v) is 2.68. The van der Waals surface area contributed by atoms with Crippen molar-refractivity contribution in [2.75, 3.05) is 30.8 Å². The standard InChI is InChI=1S/C8H12F2N4O/c9-6(10)5-15-4-3-14-8-7(11)12-1-2-13-8/h1-2,6H,3-5H2,(H2,11,12)(H,13,14). The first-order chi connectivity index (χ1) is 7.20. The summed E-state index contributed by atoms with van der Waals surface area (Å²) in [5.41, 5.74) is 5.49. The number of halogens is 2. The average Bonchev–Trinajstić information content (AvgIpc) is 2.20. The van der Waals surface area contributed by atoms with Gasteiger partial charge in [0.1, 0.15) is 6.61 Å². The minimum Gasteiger partial charge on any atom is -0.381 e. The highest BCUT2D eigenvalue weighted by atomic mass is 19.3. The summed E-state index contributed by atoms with van der Waals surface area (Å²) in [4.78, 5) is 7.71. The summed E-state index contributed by atoms with van der Waals surface area (Å²) in [6.07, 6.45) is 0.513. The molecule has 0 saturated heterocycles. The molecule has 0 spiro atoms. The molecular weight excluding hydrogens is 206 g/mol. The van der Waals surface area contributed by atoms with Crippen molar-refractivity contribution < 1.29 is 13.5 Å². The SMILES string of the molecule is Nc1nccnc1NCCOCC(F)F. The van der Waals surface area contributed by atoms with Crippen LogP contribution < -0.4 is 11.1 Å². The molecule has 3 N–H and O–H groups in total. The highest BCUT2D eigenvalue weighted by Crippen LogP contribution is 2.08. The number of nitrogens with one attached hydrogen (secondary N) is 1. The molecule has 0 aromatic carbocycles. The lowest BCUT2D eigenvalue weighted by molar-refractivity contribution is 0.0215. The molecule has 0 amide bonds. The van der Waals surface area contributed by atoms with Gasteiger partial charge in [-0.1, -0.05) is 0 Å². The van der Waals surface area contributed by atoms with E-state index in [1.807, 2.05) is 0 Å². The largest absolute Gasteiger partial charge is 0.381 e. The third-order valence-electron chi connectivity index (χ3n) is 1.51. The van der Waals surface area contributed by atoms with Gasteiger partial charge in [-0.15, -0.1) is 0 Å². The van der Waals surface area contributed by atoms with Gasteiger partial charge in [-0.05, 0) is 0 Å². The molecule has 0 unspecified atom stereocenters. The number of rotatable bonds is 6. The maximum atomic E-state index is 11.7. The van der Waals surface area contributed by atoms with E-state index in [0.717, 1.165) is 0 Å². The minimum atomic E-state index is -2.44. The lowest BCUT2D eigenvalue weighted by Crippen LogP contribution is -2.14. The van der Waals surface area contributed by atoms with E-state index in [1.165, 1.54) is 12.4 Å². The summed E-state index contributed by atoms with van der Waals surface area (Å²) in [6.45, 7) is -0.0341. The molecule has 0 radical (unpaired) electrons. The molecule has 0 atom stereocenters. The second-order valence-electron chi connectivity index (χ2n) is 2.68. The van der Waals surface area contributed by atoms with Crippen LogP contribution in [0.5, 0.6) is 0 Å². The van der Waals surface area contributed by atoms with Crippen molar-refractivity contribution >= 4 is 11.6 Å². The van der Waals surface area contributed by atoms with Gasteiger partial charge < -0.3 is 15.8 Å². The molecular formula is C8H12F2N4O. The van der Waals surface area contributed by atoms with Gasteiger partial charge in [0.15, 0.2) is 11.6 Å². The quantitative estimate of drug-likeness (QED) is 0.689. The van der Waals surface area contributed by atoms with Gasteiger partial charge in [0.25, 0.3) is 6.43 Å². The Labute approximate surface area is 85.7 Å². The van der Waals surface area contributed by atoms with Gasteiger partial charge in [-0.25, -0.2) is 18.7 Å². The Balaban J connectivity index is 2.18. The molecule has 0 aliphatic carbocycles. The number of nitrogen functional groups attached to an aromatic ring is 1. The van der Waals surface area contributed by atoms with Crippen molar-refractivity contribution in [2.24, 2.45) is 0 Å². The van der Waals surface area contributed by atoms with Gasteiger partial charge >= 0.3 is 0 Å². The third kappa shape index (κ3) is 4.50. The van der Waals surface area contributed by atoms with E-state index in [0.29, 0.717) is 12.4 Å². The molecule has 0 bridgehead atoms. The van der Waals surface area contributed by atoms with E-state index < -0.39 is 13.0 Å². The molecule has 7 heteroatoms.